The minimum Gasteiger partial charge on any atom is -0.493 e. The monoisotopic (exact) mass is 725 g/mol. The van der Waals surface area contributed by atoms with Gasteiger partial charge >= 0.3 is 12.4 Å². The van der Waals surface area contributed by atoms with E-state index in [0.29, 0.717) is 42.9 Å². The Morgan fingerprint density at radius 3 is 2.10 bits per heavy atom. The van der Waals surface area contributed by atoms with E-state index in [1.807, 2.05) is 13.8 Å². The number of aryl methyl sites for hydroxylation is 2. The third-order valence-corrected chi connectivity index (χ3v) is 9.91. The molecule has 4 rings (SSSR count). The number of rotatable bonds is 15. The second kappa shape index (κ2) is 16.4. The second-order valence-corrected chi connectivity index (χ2v) is 14.2. The van der Waals surface area contributed by atoms with Crippen molar-refractivity contribution in [3.8, 4) is 11.5 Å². The van der Waals surface area contributed by atoms with Gasteiger partial charge in [-0.05, 0) is 99.7 Å². The number of hydrogen-bond donors (Lipinski definition) is 1. The summed E-state index contributed by atoms with van der Waals surface area (Å²) in [5, 5.41) is 10.3. The van der Waals surface area contributed by atoms with E-state index in [2.05, 4.69) is 0 Å². The highest BCUT2D eigenvalue weighted by molar-refractivity contribution is 6.09. The number of alkyl halides is 6. The number of carbonyl (C=O) groups is 2. The number of hydrogen-bond acceptors (Lipinski definition) is 5. The van der Waals surface area contributed by atoms with Crippen molar-refractivity contribution >= 4 is 11.8 Å². The molecule has 2 aliphatic rings. The molecule has 1 aliphatic heterocycles. The number of unbranched alkanes of at least 4 members (excludes halogenated alkanes) is 1. The standard InChI is InChI=1S/C39H49F6NO5/c1-5-11-28-24-31(37(49,38(40,41)42)39(43,44)45)25-29(15-14-27-12-7-6-8-13-27)34(28)50-23-10-9-22-46-33(47)20-21-36(4,35(46)48)30-16-18-32(19-17-30)51-26(2)3/h16-21,24-27,49H,5-15,22-23H2,1-4H3. The molecule has 0 spiro atoms. The summed E-state index contributed by atoms with van der Waals surface area (Å²) in [7, 11) is 0. The van der Waals surface area contributed by atoms with E-state index < -0.39 is 34.8 Å². The summed E-state index contributed by atoms with van der Waals surface area (Å²) in [5.74, 6) is 0.336. The first-order valence-corrected chi connectivity index (χ1v) is 17.9. The van der Waals surface area contributed by atoms with Crippen molar-refractivity contribution in [1.82, 2.24) is 4.90 Å². The number of carbonyl (C=O) groups excluding carboxylic acids is 2. The first kappa shape index (κ1) is 40.2. The summed E-state index contributed by atoms with van der Waals surface area (Å²) in [5.41, 5.74) is -6.35. The minimum atomic E-state index is -6.00. The predicted molar refractivity (Wildman–Crippen MR) is 181 cm³/mol. The van der Waals surface area contributed by atoms with Crippen LogP contribution in [0.3, 0.4) is 0 Å². The van der Waals surface area contributed by atoms with Crippen molar-refractivity contribution in [2.45, 2.75) is 128 Å². The van der Waals surface area contributed by atoms with Crippen LogP contribution in [0.25, 0.3) is 0 Å². The fourth-order valence-corrected chi connectivity index (χ4v) is 7.02. The third-order valence-electron chi connectivity index (χ3n) is 9.91. The summed E-state index contributed by atoms with van der Waals surface area (Å²) in [6, 6.07) is 8.69. The Hall–Kier alpha value is -3.54. The topological polar surface area (TPSA) is 76.1 Å². The predicted octanol–water partition coefficient (Wildman–Crippen LogP) is 9.29. The van der Waals surface area contributed by atoms with E-state index in [0.717, 1.165) is 44.2 Å². The molecule has 1 aliphatic carbocycles. The van der Waals surface area contributed by atoms with Gasteiger partial charge in [0.05, 0.1) is 18.1 Å². The lowest BCUT2D eigenvalue weighted by Gasteiger charge is -2.35. The molecular weight excluding hydrogens is 676 g/mol. The Balaban J connectivity index is 1.51. The molecule has 1 N–H and O–H groups in total. The Bertz CT molecular complexity index is 1510. The zero-order valence-corrected chi connectivity index (χ0v) is 29.8. The maximum absolute atomic E-state index is 13.9. The van der Waals surface area contributed by atoms with Gasteiger partial charge in [-0.15, -0.1) is 0 Å². The van der Waals surface area contributed by atoms with E-state index in [-0.39, 0.29) is 54.9 Å². The fraction of sp³-hybridized carbons (Fsp3) is 0.590. The van der Waals surface area contributed by atoms with Gasteiger partial charge in [0, 0.05) is 18.2 Å². The van der Waals surface area contributed by atoms with Gasteiger partial charge in [0.1, 0.15) is 11.5 Å². The fourth-order valence-electron chi connectivity index (χ4n) is 7.02. The van der Waals surface area contributed by atoms with E-state index in [4.69, 9.17) is 9.47 Å². The second-order valence-electron chi connectivity index (χ2n) is 14.2. The highest BCUT2D eigenvalue weighted by Crippen LogP contribution is 2.51. The number of halogens is 6. The van der Waals surface area contributed by atoms with Crippen LogP contribution < -0.4 is 9.47 Å². The molecule has 6 nitrogen and oxygen atoms in total. The summed E-state index contributed by atoms with van der Waals surface area (Å²) >= 11 is 0. The Morgan fingerprint density at radius 2 is 1.53 bits per heavy atom. The van der Waals surface area contributed by atoms with Gasteiger partial charge in [-0.3, -0.25) is 14.5 Å². The normalized spacial score (nSPS) is 19.3. The van der Waals surface area contributed by atoms with Crippen LogP contribution >= 0.6 is 0 Å². The molecule has 0 radical (unpaired) electrons. The molecule has 1 heterocycles. The van der Waals surface area contributed by atoms with Crippen LogP contribution in [0.5, 0.6) is 11.5 Å². The maximum Gasteiger partial charge on any atom is 0.430 e. The van der Waals surface area contributed by atoms with E-state index in [1.54, 1.807) is 44.2 Å². The quantitative estimate of drug-likeness (QED) is 0.113. The largest absolute Gasteiger partial charge is 0.493 e. The Labute approximate surface area is 296 Å². The zero-order valence-electron chi connectivity index (χ0n) is 29.8. The molecule has 0 bridgehead atoms. The van der Waals surface area contributed by atoms with Crippen molar-refractivity contribution in [2.24, 2.45) is 5.92 Å². The Morgan fingerprint density at radius 1 is 0.922 bits per heavy atom. The van der Waals surface area contributed by atoms with Gasteiger partial charge in [0.25, 0.3) is 11.5 Å². The van der Waals surface area contributed by atoms with E-state index in [9.17, 15) is 41.0 Å². The number of amides is 2. The molecule has 1 atom stereocenters. The number of benzene rings is 2. The summed E-state index contributed by atoms with van der Waals surface area (Å²) < 4.78 is 95.5. The number of nitrogens with zero attached hydrogens (tertiary/aromatic N) is 1. The first-order valence-electron chi connectivity index (χ1n) is 17.9. The summed E-state index contributed by atoms with van der Waals surface area (Å²) in [4.78, 5) is 27.6. The average molecular weight is 726 g/mol. The van der Waals surface area contributed by atoms with Crippen LogP contribution in [0.2, 0.25) is 0 Å². The van der Waals surface area contributed by atoms with Crippen molar-refractivity contribution in [3.05, 3.63) is 70.8 Å². The molecule has 51 heavy (non-hydrogen) atoms. The summed E-state index contributed by atoms with van der Waals surface area (Å²) in [6.45, 7) is 7.44. The molecule has 0 saturated heterocycles. The Kier molecular flexibility index (Phi) is 13.0. The van der Waals surface area contributed by atoms with Crippen LogP contribution in [0.1, 0.15) is 108 Å². The molecule has 1 saturated carbocycles. The number of ether oxygens (including phenoxy) is 2. The molecule has 1 fully saturated rings. The van der Waals surface area contributed by atoms with Crippen molar-refractivity contribution in [2.75, 3.05) is 13.2 Å². The third kappa shape index (κ3) is 9.10. The minimum absolute atomic E-state index is 0.0192. The van der Waals surface area contributed by atoms with Crippen molar-refractivity contribution in [1.29, 1.82) is 0 Å². The van der Waals surface area contributed by atoms with Crippen LogP contribution in [0.4, 0.5) is 26.3 Å². The zero-order chi connectivity index (χ0) is 37.6. The highest BCUT2D eigenvalue weighted by Gasteiger charge is 2.71. The van der Waals surface area contributed by atoms with Crippen LogP contribution in [0, 0.1) is 5.92 Å². The first-order chi connectivity index (χ1) is 23.9. The van der Waals surface area contributed by atoms with Crippen LogP contribution in [-0.4, -0.2) is 53.4 Å². The number of imide groups is 1. The molecule has 2 amide bonds. The van der Waals surface area contributed by atoms with Gasteiger partial charge in [0.15, 0.2) is 0 Å². The lowest BCUT2D eigenvalue weighted by atomic mass is 9.79. The van der Waals surface area contributed by atoms with Gasteiger partial charge < -0.3 is 14.6 Å². The number of aliphatic hydroxyl groups is 1. The van der Waals surface area contributed by atoms with Gasteiger partial charge in [-0.1, -0.05) is 63.7 Å². The van der Waals surface area contributed by atoms with Crippen molar-refractivity contribution in [3.63, 3.8) is 0 Å². The smallest absolute Gasteiger partial charge is 0.430 e. The van der Waals surface area contributed by atoms with Gasteiger partial charge in [-0.2, -0.15) is 26.3 Å². The lowest BCUT2D eigenvalue weighted by Crippen LogP contribution is -2.54. The average Bonchev–Trinajstić information content (AvgIpc) is 3.06. The van der Waals surface area contributed by atoms with E-state index >= 15 is 0 Å². The van der Waals surface area contributed by atoms with Gasteiger partial charge in [-0.25, -0.2) is 0 Å². The van der Waals surface area contributed by atoms with E-state index in [1.165, 1.54) is 11.0 Å². The molecule has 0 aromatic heterocycles. The molecule has 282 valence electrons. The molecule has 2 aromatic rings. The van der Waals surface area contributed by atoms with Crippen molar-refractivity contribution < 1.29 is 50.5 Å². The molecular formula is C39H49F6NO5. The highest BCUT2D eigenvalue weighted by atomic mass is 19.4. The lowest BCUT2D eigenvalue weighted by molar-refractivity contribution is -0.376. The maximum atomic E-state index is 13.9. The van der Waals surface area contributed by atoms with Crippen LogP contribution in [-0.2, 0) is 33.4 Å². The SMILES string of the molecule is CCCc1cc(C(O)(C(F)(F)F)C(F)(F)F)cc(CCC2CCCCC2)c1OCCCCN1C(=O)C=CC(C)(c2ccc(OC(C)C)cc2)C1=O. The molecule has 2 aromatic carbocycles. The molecule has 12 heteroatoms. The summed E-state index contributed by atoms with van der Waals surface area (Å²) in [6.07, 6.45) is -2.04. The molecule has 1 unspecified atom stereocenters. The van der Waals surface area contributed by atoms with Gasteiger partial charge in [0.2, 0.25) is 5.91 Å². The van der Waals surface area contributed by atoms with Crippen LogP contribution in [0.15, 0.2) is 48.6 Å².